The second-order valence-corrected chi connectivity index (χ2v) is 6.17. The van der Waals surface area contributed by atoms with Gasteiger partial charge in [-0.3, -0.25) is 9.59 Å². The predicted octanol–water partition coefficient (Wildman–Crippen LogP) is 1.44. The number of piperidine rings is 1. The van der Waals surface area contributed by atoms with Crippen molar-refractivity contribution in [3.05, 3.63) is 34.9 Å². The molecule has 4 nitrogen and oxygen atoms in total. The van der Waals surface area contributed by atoms with E-state index in [0.717, 1.165) is 37.8 Å². The monoisotopic (exact) mass is 286 g/mol. The van der Waals surface area contributed by atoms with E-state index < -0.39 is 0 Å². The van der Waals surface area contributed by atoms with E-state index in [2.05, 4.69) is 18.2 Å². The average molecular weight is 286 g/mol. The molecule has 112 valence electrons. The molecule has 1 atom stereocenters. The summed E-state index contributed by atoms with van der Waals surface area (Å²) in [6, 6.07) is 6.28. The van der Waals surface area contributed by atoms with E-state index in [1.165, 1.54) is 17.5 Å². The Morgan fingerprint density at radius 3 is 2.90 bits per heavy atom. The van der Waals surface area contributed by atoms with Crippen LogP contribution in [0.2, 0.25) is 0 Å². The number of primary amides is 1. The number of rotatable bonds is 3. The lowest BCUT2D eigenvalue weighted by molar-refractivity contribution is -0.134. The Hall–Kier alpha value is -1.84. The fourth-order valence-corrected chi connectivity index (χ4v) is 3.58. The largest absolute Gasteiger partial charge is 0.369 e. The minimum absolute atomic E-state index is 0.126. The fourth-order valence-electron chi connectivity index (χ4n) is 3.58. The minimum Gasteiger partial charge on any atom is -0.369 e. The highest BCUT2D eigenvalue weighted by Gasteiger charge is 2.27. The van der Waals surface area contributed by atoms with Gasteiger partial charge in [0.2, 0.25) is 11.8 Å². The zero-order chi connectivity index (χ0) is 14.8. The van der Waals surface area contributed by atoms with Crippen LogP contribution in [-0.4, -0.2) is 29.8 Å². The Bertz CT molecular complexity index is 568. The maximum absolute atomic E-state index is 12.5. The maximum atomic E-state index is 12.5. The fraction of sp³-hybridized carbons (Fsp3) is 0.529. The number of nitrogens with zero attached hydrogens (tertiary/aromatic N) is 1. The summed E-state index contributed by atoms with van der Waals surface area (Å²) in [6.45, 7) is 1.24. The van der Waals surface area contributed by atoms with E-state index in [-0.39, 0.29) is 17.7 Å². The van der Waals surface area contributed by atoms with Gasteiger partial charge in [0.1, 0.15) is 0 Å². The number of likely N-dealkylation sites (tertiary alicyclic amines) is 1. The van der Waals surface area contributed by atoms with Gasteiger partial charge in [0.15, 0.2) is 0 Å². The molecule has 0 bridgehead atoms. The van der Waals surface area contributed by atoms with E-state index >= 15 is 0 Å². The van der Waals surface area contributed by atoms with Gasteiger partial charge in [0.25, 0.3) is 0 Å². The van der Waals surface area contributed by atoms with Crippen molar-refractivity contribution in [2.45, 2.75) is 38.5 Å². The van der Waals surface area contributed by atoms with Crippen LogP contribution < -0.4 is 5.73 Å². The third kappa shape index (κ3) is 2.94. The first kappa shape index (κ1) is 14.1. The van der Waals surface area contributed by atoms with Crippen LogP contribution in [0.1, 0.15) is 36.0 Å². The van der Waals surface area contributed by atoms with Crippen molar-refractivity contribution in [3.63, 3.8) is 0 Å². The van der Waals surface area contributed by atoms with Gasteiger partial charge >= 0.3 is 0 Å². The van der Waals surface area contributed by atoms with E-state index in [1.807, 2.05) is 4.90 Å². The Kier molecular flexibility index (Phi) is 3.95. The van der Waals surface area contributed by atoms with Crippen LogP contribution in [0.3, 0.4) is 0 Å². The highest BCUT2D eigenvalue weighted by Crippen LogP contribution is 2.26. The van der Waals surface area contributed by atoms with Crippen LogP contribution in [0.4, 0.5) is 0 Å². The second-order valence-electron chi connectivity index (χ2n) is 6.17. The number of carbonyl (C=O) groups is 2. The molecular formula is C17H22N2O2. The first-order valence-corrected chi connectivity index (χ1v) is 7.82. The maximum Gasteiger partial charge on any atom is 0.227 e. The van der Waals surface area contributed by atoms with Crippen molar-refractivity contribution in [2.75, 3.05) is 13.1 Å². The summed E-state index contributed by atoms with van der Waals surface area (Å²) >= 11 is 0. The predicted molar refractivity (Wildman–Crippen MR) is 80.7 cm³/mol. The molecule has 1 heterocycles. The molecule has 1 fully saturated rings. The SMILES string of the molecule is NC(=O)[C@H]1CCCN(C(=O)Cc2cccc3c2CCC3)C1. The Balaban J connectivity index is 1.69. The molecule has 0 unspecified atom stereocenters. The topological polar surface area (TPSA) is 63.4 Å². The highest BCUT2D eigenvalue weighted by molar-refractivity contribution is 5.81. The van der Waals surface area contributed by atoms with E-state index in [4.69, 9.17) is 5.73 Å². The number of nitrogens with two attached hydrogens (primary N) is 1. The van der Waals surface area contributed by atoms with E-state index in [1.54, 1.807) is 0 Å². The standard InChI is InChI=1S/C17H22N2O2/c18-17(21)14-7-3-9-19(11-14)16(20)10-13-6-1-4-12-5-2-8-15(12)13/h1,4,6,14H,2-3,5,7-11H2,(H2,18,21)/t14-/m0/s1. The van der Waals surface area contributed by atoms with Crippen LogP contribution in [0.5, 0.6) is 0 Å². The third-order valence-electron chi connectivity index (χ3n) is 4.76. The molecule has 2 N–H and O–H groups in total. The molecule has 0 radical (unpaired) electrons. The van der Waals surface area contributed by atoms with Gasteiger partial charge in [-0.05, 0) is 48.8 Å². The smallest absolute Gasteiger partial charge is 0.227 e. The highest BCUT2D eigenvalue weighted by atomic mass is 16.2. The summed E-state index contributed by atoms with van der Waals surface area (Å²) in [5, 5.41) is 0. The summed E-state index contributed by atoms with van der Waals surface area (Å²) in [6.07, 6.45) is 5.53. The van der Waals surface area contributed by atoms with E-state index in [0.29, 0.717) is 13.0 Å². The molecule has 1 aromatic rings. The van der Waals surface area contributed by atoms with E-state index in [9.17, 15) is 9.59 Å². The molecule has 4 heteroatoms. The van der Waals surface area contributed by atoms with Gasteiger partial charge in [-0.2, -0.15) is 0 Å². The quantitative estimate of drug-likeness (QED) is 0.914. The van der Waals surface area contributed by atoms with Gasteiger partial charge in [0, 0.05) is 13.1 Å². The zero-order valence-electron chi connectivity index (χ0n) is 12.3. The van der Waals surface area contributed by atoms with Gasteiger partial charge in [-0.25, -0.2) is 0 Å². The average Bonchev–Trinajstić information content (AvgIpc) is 2.97. The summed E-state index contributed by atoms with van der Waals surface area (Å²) in [7, 11) is 0. The number of fused-ring (bicyclic) bond motifs is 1. The van der Waals surface area contributed by atoms with Crippen LogP contribution in [-0.2, 0) is 28.9 Å². The lowest BCUT2D eigenvalue weighted by Crippen LogP contribution is -2.44. The second kappa shape index (κ2) is 5.88. The van der Waals surface area contributed by atoms with Crippen molar-refractivity contribution in [1.82, 2.24) is 4.90 Å². The van der Waals surface area contributed by atoms with Crippen LogP contribution >= 0.6 is 0 Å². The van der Waals surface area contributed by atoms with Gasteiger partial charge in [0.05, 0.1) is 12.3 Å². The summed E-state index contributed by atoms with van der Waals surface area (Å²) in [5.41, 5.74) is 9.31. The zero-order valence-corrected chi connectivity index (χ0v) is 12.3. The van der Waals surface area contributed by atoms with Crippen molar-refractivity contribution >= 4 is 11.8 Å². The summed E-state index contributed by atoms with van der Waals surface area (Å²) in [4.78, 5) is 25.6. The lowest BCUT2D eigenvalue weighted by atomic mass is 9.96. The molecule has 1 aliphatic heterocycles. The third-order valence-corrected chi connectivity index (χ3v) is 4.76. The number of hydrogen-bond donors (Lipinski definition) is 1. The normalized spacial score (nSPS) is 21.1. The Labute approximate surface area is 125 Å². The molecule has 2 amide bonds. The van der Waals surface area contributed by atoms with Crippen molar-refractivity contribution in [3.8, 4) is 0 Å². The molecule has 1 aliphatic carbocycles. The van der Waals surface area contributed by atoms with Gasteiger partial charge in [-0.1, -0.05) is 18.2 Å². The minimum atomic E-state index is -0.284. The molecule has 3 rings (SSSR count). The van der Waals surface area contributed by atoms with Crippen molar-refractivity contribution in [1.29, 1.82) is 0 Å². The number of carbonyl (C=O) groups excluding carboxylic acids is 2. The van der Waals surface area contributed by atoms with Crippen LogP contribution in [0, 0.1) is 5.92 Å². The molecule has 2 aliphatic rings. The molecule has 1 saturated heterocycles. The van der Waals surface area contributed by atoms with Crippen LogP contribution in [0.25, 0.3) is 0 Å². The number of benzene rings is 1. The molecule has 0 aromatic heterocycles. The molecular weight excluding hydrogens is 264 g/mol. The molecule has 21 heavy (non-hydrogen) atoms. The van der Waals surface area contributed by atoms with Crippen molar-refractivity contribution in [2.24, 2.45) is 11.7 Å². The first-order chi connectivity index (χ1) is 10.1. The molecule has 1 aromatic carbocycles. The summed E-state index contributed by atoms with van der Waals surface area (Å²) < 4.78 is 0. The van der Waals surface area contributed by atoms with Gasteiger partial charge < -0.3 is 10.6 Å². The molecule has 0 saturated carbocycles. The lowest BCUT2D eigenvalue weighted by Gasteiger charge is -2.31. The van der Waals surface area contributed by atoms with Gasteiger partial charge in [-0.15, -0.1) is 0 Å². The number of hydrogen-bond acceptors (Lipinski definition) is 2. The van der Waals surface area contributed by atoms with Crippen molar-refractivity contribution < 1.29 is 9.59 Å². The number of aryl methyl sites for hydroxylation is 1. The first-order valence-electron chi connectivity index (χ1n) is 7.82. The van der Waals surface area contributed by atoms with Crippen LogP contribution in [0.15, 0.2) is 18.2 Å². The molecule has 0 spiro atoms. The Morgan fingerprint density at radius 2 is 2.10 bits per heavy atom. The Morgan fingerprint density at radius 1 is 1.24 bits per heavy atom. The summed E-state index contributed by atoms with van der Waals surface area (Å²) in [5.74, 6) is -0.335. The number of amides is 2.